The van der Waals surface area contributed by atoms with Gasteiger partial charge in [-0.15, -0.1) is 0 Å². The van der Waals surface area contributed by atoms with Crippen LogP contribution in [0.2, 0.25) is 0 Å². The zero-order valence-corrected chi connectivity index (χ0v) is 32.6. The van der Waals surface area contributed by atoms with E-state index in [0.29, 0.717) is 0 Å². The summed E-state index contributed by atoms with van der Waals surface area (Å²) in [6, 6.07) is 89.8. The predicted molar refractivity (Wildman–Crippen MR) is 251 cm³/mol. The van der Waals surface area contributed by atoms with E-state index in [1.165, 1.54) is 60.8 Å². The molecule has 0 saturated carbocycles. The number of rotatable bonds is 9. The van der Waals surface area contributed by atoms with Crippen LogP contribution in [0.5, 0.6) is 0 Å². The van der Waals surface area contributed by atoms with Crippen molar-refractivity contribution in [3.63, 3.8) is 0 Å². The first-order valence-electron chi connectivity index (χ1n) is 20.3. The zero-order chi connectivity index (χ0) is 39.4. The lowest BCUT2D eigenvalue weighted by Crippen LogP contribution is -2.12. The SMILES string of the molecule is c1ccc(-c2ccc(-c3ccccc3N(c3ccc(-c4cccc5ccccc45)cc3)c3ccccc3-c3ccccc3-c3ccccc3-c3ccccc3)cc2)cc1. The first kappa shape index (κ1) is 35.7. The highest BCUT2D eigenvalue weighted by molar-refractivity contribution is 6.00. The molecule has 0 atom stereocenters. The molecule has 1 heteroatoms. The minimum atomic E-state index is 1.08. The van der Waals surface area contributed by atoms with Gasteiger partial charge in [0.25, 0.3) is 0 Å². The molecule has 59 heavy (non-hydrogen) atoms. The molecule has 0 fully saturated rings. The molecule has 0 amide bonds. The second kappa shape index (κ2) is 16.0. The van der Waals surface area contributed by atoms with Gasteiger partial charge >= 0.3 is 0 Å². The van der Waals surface area contributed by atoms with E-state index in [-0.39, 0.29) is 0 Å². The van der Waals surface area contributed by atoms with Crippen molar-refractivity contribution in [1.29, 1.82) is 0 Å². The van der Waals surface area contributed by atoms with E-state index >= 15 is 0 Å². The third kappa shape index (κ3) is 7.01. The lowest BCUT2D eigenvalue weighted by atomic mass is 9.88. The van der Waals surface area contributed by atoms with Crippen molar-refractivity contribution in [2.45, 2.75) is 0 Å². The third-order valence-corrected chi connectivity index (χ3v) is 11.3. The maximum absolute atomic E-state index is 2.45. The molecule has 0 unspecified atom stereocenters. The molecule has 1 nitrogen and oxygen atoms in total. The molecule has 10 aromatic carbocycles. The van der Waals surface area contributed by atoms with Crippen molar-refractivity contribution in [2.75, 3.05) is 4.90 Å². The van der Waals surface area contributed by atoms with Crippen molar-refractivity contribution in [1.82, 2.24) is 0 Å². The largest absolute Gasteiger partial charge is 0.309 e. The van der Waals surface area contributed by atoms with E-state index in [2.05, 4.69) is 254 Å². The standard InChI is InChI=1S/C58H41N/c1-3-18-42(19-4-1)43-34-36-47(37-35-43)52-26-13-15-32-57(52)59(48-40-38-46(39-41-48)50-31-17-23-45-22-7-8-24-49(45)50)58-33-16-14-30-56(58)55-29-12-11-28-54(55)53-27-10-9-25-51(53)44-20-5-2-6-21-44/h1-41H. The molecule has 278 valence electrons. The highest BCUT2D eigenvalue weighted by atomic mass is 15.1. The van der Waals surface area contributed by atoms with Gasteiger partial charge in [-0.05, 0) is 90.7 Å². The Labute approximate surface area is 346 Å². The number of hydrogen-bond acceptors (Lipinski definition) is 1. The van der Waals surface area contributed by atoms with Gasteiger partial charge in [-0.2, -0.15) is 0 Å². The number of fused-ring (bicyclic) bond motifs is 1. The smallest absolute Gasteiger partial charge is 0.0540 e. The number of nitrogens with zero attached hydrogens (tertiary/aromatic N) is 1. The van der Waals surface area contributed by atoms with Crippen molar-refractivity contribution >= 4 is 27.8 Å². The Hall–Kier alpha value is -7.74. The maximum Gasteiger partial charge on any atom is 0.0540 e. The van der Waals surface area contributed by atoms with Crippen LogP contribution in [-0.2, 0) is 0 Å². The summed E-state index contributed by atoms with van der Waals surface area (Å²) in [5, 5.41) is 2.49. The van der Waals surface area contributed by atoms with Gasteiger partial charge in [-0.1, -0.05) is 224 Å². The minimum absolute atomic E-state index is 1.08. The van der Waals surface area contributed by atoms with E-state index < -0.39 is 0 Å². The average Bonchev–Trinajstić information content (AvgIpc) is 3.33. The third-order valence-electron chi connectivity index (χ3n) is 11.3. The van der Waals surface area contributed by atoms with E-state index in [0.717, 1.165) is 33.8 Å². The summed E-state index contributed by atoms with van der Waals surface area (Å²) in [7, 11) is 0. The first-order valence-corrected chi connectivity index (χ1v) is 20.3. The number of benzene rings is 10. The van der Waals surface area contributed by atoms with Gasteiger partial charge in [0.05, 0.1) is 11.4 Å². The lowest BCUT2D eigenvalue weighted by Gasteiger charge is -2.30. The fraction of sp³-hybridized carbons (Fsp3) is 0. The summed E-state index contributed by atoms with van der Waals surface area (Å²) in [4.78, 5) is 2.45. The summed E-state index contributed by atoms with van der Waals surface area (Å²) in [5.41, 5.74) is 17.6. The predicted octanol–water partition coefficient (Wildman–Crippen LogP) is 16.3. The average molecular weight is 752 g/mol. The fourth-order valence-electron chi connectivity index (χ4n) is 8.50. The highest BCUT2D eigenvalue weighted by Gasteiger charge is 2.22. The van der Waals surface area contributed by atoms with Crippen molar-refractivity contribution < 1.29 is 0 Å². The van der Waals surface area contributed by atoms with Crippen LogP contribution < -0.4 is 4.90 Å². The van der Waals surface area contributed by atoms with Crippen LogP contribution >= 0.6 is 0 Å². The van der Waals surface area contributed by atoms with E-state index in [9.17, 15) is 0 Å². The molecular formula is C58H41N. The molecule has 10 rings (SSSR count). The Balaban J connectivity index is 1.15. The van der Waals surface area contributed by atoms with E-state index in [1.807, 2.05) is 0 Å². The monoisotopic (exact) mass is 751 g/mol. The molecule has 10 aromatic rings. The molecule has 0 aliphatic rings. The molecule has 0 aromatic heterocycles. The quantitative estimate of drug-likeness (QED) is 0.142. The van der Waals surface area contributed by atoms with E-state index in [1.54, 1.807) is 0 Å². The summed E-state index contributed by atoms with van der Waals surface area (Å²) in [6.07, 6.45) is 0. The van der Waals surface area contributed by atoms with Gasteiger partial charge in [0.1, 0.15) is 0 Å². The Bertz CT molecular complexity index is 3010. The molecule has 0 N–H and O–H groups in total. The van der Waals surface area contributed by atoms with Crippen LogP contribution in [0, 0.1) is 0 Å². The summed E-state index contributed by atoms with van der Waals surface area (Å²) in [5.74, 6) is 0. The van der Waals surface area contributed by atoms with Gasteiger partial charge in [-0.25, -0.2) is 0 Å². The van der Waals surface area contributed by atoms with Gasteiger partial charge < -0.3 is 4.90 Å². The minimum Gasteiger partial charge on any atom is -0.309 e. The first-order chi connectivity index (χ1) is 29.3. The molecule has 0 saturated heterocycles. The maximum atomic E-state index is 2.45. The van der Waals surface area contributed by atoms with Crippen LogP contribution in [0.1, 0.15) is 0 Å². The molecule has 0 aliphatic carbocycles. The molecule has 0 heterocycles. The molecular weight excluding hydrogens is 711 g/mol. The van der Waals surface area contributed by atoms with E-state index in [4.69, 9.17) is 0 Å². The second-order valence-corrected chi connectivity index (χ2v) is 14.8. The second-order valence-electron chi connectivity index (χ2n) is 14.8. The summed E-state index contributed by atoms with van der Waals surface area (Å²) >= 11 is 0. The van der Waals surface area contributed by atoms with Crippen molar-refractivity contribution in [3.8, 4) is 66.8 Å². The number of para-hydroxylation sites is 2. The summed E-state index contributed by atoms with van der Waals surface area (Å²) in [6.45, 7) is 0. The zero-order valence-electron chi connectivity index (χ0n) is 32.6. The van der Waals surface area contributed by atoms with Crippen LogP contribution in [0.3, 0.4) is 0 Å². The molecule has 0 radical (unpaired) electrons. The molecule has 0 bridgehead atoms. The Kier molecular flexibility index (Phi) is 9.68. The van der Waals surface area contributed by atoms with Crippen LogP contribution in [0.25, 0.3) is 77.5 Å². The van der Waals surface area contributed by atoms with Crippen LogP contribution in [-0.4, -0.2) is 0 Å². The van der Waals surface area contributed by atoms with Gasteiger partial charge in [0, 0.05) is 16.8 Å². The normalized spacial score (nSPS) is 11.1. The summed E-state index contributed by atoms with van der Waals surface area (Å²) < 4.78 is 0. The lowest BCUT2D eigenvalue weighted by molar-refractivity contribution is 1.28. The highest BCUT2D eigenvalue weighted by Crippen LogP contribution is 2.47. The van der Waals surface area contributed by atoms with Gasteiger partial charge in [0.2, 0.25) is 0 Å². The van der Waals surface area contributed by atoms with Gasteiger partial charge in [0.15, 0.2) is 0 Å². The fourth-order valence-corrected chi connectivity index (χ4v) is 8.50. The van der Waals surface area contributed by atoms with Crippen LogP contribution in [0.15, 0.2) is 249 Å². The molecule has 0 aliphatic heterocycles. The topological polar surface area (TPSA) is 3.24 Å². The molecule has 0 spiro atoms. The van der Waals surface area contributed by atoms with Crippen LogP contribution in [0.4, 0.5) is 17.1 Å². The Morgan fingerprint density at radius 3 is 1.25 bits per heavy atom. The number of hydrogen-bond donors (Lipinski definition) is 0. The van der Waals surface area contributed by atoms with Gasteiger partial charge in [-0.3, -0.25) is 0 Å². The van der Waals surface area contributed by atoms with Crippen molar-refractivity contribution in [3.05, 3.63) is 249 Å². The van der Waals surface area contributed by atoms with Crippen molar-refractivity contribution in [2.24, 2.45) is 0 Å². The Morgan fingerprint density at radius 2 is 0.576 bits per heavy atom. The number of anilines is 3. The Morgan fingerprint density at radius 1 is 0.203 bits per heavy atom.